The largest absolute Gasteiger partial charge is 0.497 e. The first-order chi connectivity index (χ1) is 10.9. The highest BCUT2D eigenvalue weighted by molar-refractivity contribution is 7.88. The topological polar surface area (TPSA) is 55.8 Å². The summed E-state index contributed by atoms with van der Waals surface area (Å²) in [5, 5.41) is 0. The van der Waals surface area contributed by atoms with Crippen molar-refractivity contribution < 1.29 is 17.9 Å². The van der Waals surface area contributed by atoms with Crippen molar-refractivity contribution in [1.29, 1.82) is 0 Å². The quantitative estimate of drug-likeness (QED) is 0.780. The molecule has 2 aromatic rings. The van der Waals surface area contributed by atoms with E-state index in [0.717, 1.165) is 22.6 Å². The number of hydrogen-bond donors (Lipinski definition) is 0. The third-order valence-corrected chi connectivity index (χ3v) is 4.70. The summed E-state index contributed by atoms with van der Waals surface area (Å²) in [5.41, 5.74) is 1.81. The van der Waals surface area contributed by atoms with E-state index in [0.29, 0.717) is 13.1 Å². The lowest BCUT2D eigenvalue weighted by Crippen LogP contribution is -2.29. The van der Waals surface area contributed by atoms with Crippen LogP contribution < -0.4 is 9.47 Å². The monoisotopic (exact) mass is 335 g/mol. The van der Waals surface area contributed by atoms with E-state index in [9.17, 15) is 8.42 Å². The van der Waals surface area contributed by atoms with Crippen molar-refractivity contribution in [1.82, 2.24) is 4.31 Å². The Morgan fingerprint density at radius 3 is 1.39 bits per heavy atom. The molecule has 0 fully saturated rings. The maximum atomic E-state index is 12.1. The minimum atomic E-state index is -3.32. The molecular weight excluding hydrogens is 314 g/mol. The van der Waals surface area contributed by atoms with Crippen molar-refractivity contribution in [2.24, 2.45) is 0 Å². The summed E-state index contributed by atoms with van der Waals surface area (Å²) in [6, 6.07) is 14.8. The Balaban J connectivity index is 2.16. The second-order valence-corrected chi connectivity index (χ2v) is 7.21. The SMILES string of the molecule is COc1ccc(CN(Cc2ccc(OC)cc2)S(C)(=O)=O)cc1. The number of ether oxygens (including phenoxy) is 2. The Hall–Kier alpha value is -2.05. The van der Waals surface area contributed by atoms with Gasteiger partial charge in [-0.3, -0.25) is 0 Å². The predicted octanol–water partition coefficient (Wildman–Crippen LogP) is 2.67. The van der Waals surface area contributed by atoms with Crippen LogP contribution in [0.2, 0.25) is 0 Å². The van der Waals surface area contributed by atoms with Gasteiger partial charge in [0.25, 0.3) is 0 Å². The van der Waals surface area contributed by atoms with Crippen molar-refractivity contribution in [3.63, 3.8) is 0 Å². The number of hydrogen-bond acceptors (Lipinski definition) is 4. The van der Waals surface area contributed by atoms with Crippen molar-refractivity contribution in [3.05, 3.63) is 59.7 Å². The van der Waals surface area contributed by atoms with E-state index in [1.807, 2.05) is 48.5 Å². The molecule has 2 aromatic carbocycles. The van der Waals surface area contributed by atoms with E-state index in [1.54, 1.807) is 14.2 Å². The van der Waals surface area contributed by atoms with E-state index in [2.05, 4.69) is 0 Å². The van der Waals surface area contributed by atoms with Crippen LogP contribution in [0.4, 0.5) is 0 Å². The summed E-state index contributed by atoms with van der Waals surface area (Å²) in [7, 11) is -0.124. The van der Waals surface area contributed by atoms with Crippen LogP contribution in [0, 0.1) is 0 Å². The number of nitrogens with zero attached hydrogens (tertiary/aromatic N) is 1. The molecule has 0 saturated heterocycles. The molecule has 23 heavy (non-hydrogen) atoms. The van der Waals surface area contributed by atoms with E-state index >= 15 is 0 Å². The third-order valence-electron chi connectivity index (χ3n) is 3.50. The van der Waals surface area contributed by atoms with Crippen molar-refractivity contribution >= 4 is 10.0 Å². The van der Waals surface area contributed by atoms with Crippen LogP contribution in [-0.2, 0) is 23.1 Å². The predicted molar refractivity (Wildman–Crippen MR) is 90.1 cm³/mol. The van der Waals surface area contributed by atoms with E-state index in [4.69, 9.17) is 9.47 Å². The third kappa shape index (κ3) is 4.97. The van der Waals surface area contributed by atoms with Crippen molar-refractivity contribution in [2.45, 2.75) is 13.1 Å². The zero-order valence-electron chi connectivity index (χ0n) is 13.5. The summed E-state index contributed by atoms with van der Waals surface area (Å²) in [6.45, 7) is 0.629. The second kappa shape index (κ2) is 7.48. The summed E-state index contributed by atoms with van der Waals surface area (Å²) in [4.78, 5) is 0. The molecule has 0 spiro atoms. The molecule has 0 aliphatic carbocycles. The molecule has 2 rings (SSSR count). The molecule has 0 heterocycles. The maximum absolute atomic E-state index is 12.1. The Bertz CT molecular complexity index is 675. The Morgan fingerprint density at radius 2 is 1.13 bits per heavy atom. The molecule has 0 aliphatic rings. The minimum absolute atomic E-state index is 0.314. The zero-order chi connectivity index (χ0) is 16.9. The zero-order valence-corrected chi connectivity index (χ0v) is 14.3. The van der Waals surface area contributed by atoms with Gasteiger partial charge in [-0.1, -0.05) is 24.3 Å². The molecule has 6 heteroatoms. The fraction of sp³-hybridized carbons (Fsp3) is 0.294. The molecular formula is C17H21NO4S. The van der Waals surface area contributed by atoms with E-state index in [1.165, 1.54) is 10.6 Å². The smallest absolute Gasteiger partial charge is 0.211 e. The van der Waals surface area contributed by atoms with E-state index in [-0.39, 0.29) is 0 Å². The number of benzene rings is 2. The lowest BCUT2D eigenvalue weighted by molar-refractivity contribution is 0.401. The fourth-order valence-electron chi connectivity index (χ4n) is 2.16. The Labute approximate surface area is 137 Å². The van der Waals surface area contributed by atoms with Crippen LogP contribution in [0.3, 0.4) is 0 Å². The standard InChI is InChI=1S/C17H21NO4S/c1-21-16-8-4-14(5-9-16)12-18(23(3,19)20)13-15-6-10-17(22-2)11-7-15/h4-11H,12-13H2,1-3H3. The van der Waals surface area contributed by atoms with Crippen LogP contribution in [0.1, 0.15) is 11.1 Å². The second-order valence-electron chi connectivity index (χ2n) is 5.23. The normalized spacial score (nSPS) is 11.5. The first-order valence-electron chi connectivity index (χ1n) is 7.13. The lowest BCUT2D eigenvalue weighted by Gasteiger charge is -2.20. The van der Waals surface area contributed by atoms with Gasteiger partial charge < -0.3 is 9.47 Å². The molecule has 0 aliphatic heterocycles. The summed E-state index contributed by atoms with van der Waals surface area (Å²) in [5.74, 6) is 1.49. The minimum Gasteiger partial charge on any atom is -0.497 e. The molecule has 0 aromatic heterocycles. The number of methoxy groups -OCH3 is 2. The van der Waals surface area contributed by atoms with Gasteiger partial charge in [0.15, 0.2) is 0 Å². The van der Waals surface area contributed by atoms with Crippen LogP contribution >= 0.6 is 0 Å². The summed E-state index contributed by atoms with van der Waals surface area (Å²) < 4.78 is 35.8. The molecule has 0 unspecified atom stereocenters. The fourth-order valence-corrected chi connectivity index (χ4v) is 2.93. The van der Waals surface area contributed by atoms with Crippen LogP contribution in [0.15, 0.2) is 48.5 Å². The van der Waals surface area contributed by atoms with Gasteiger partial charge in [-0.05, 0) is 35.4 Å². The van der Waals surface area contributed by atoms with Crippen LogP contribution in [0.5, 0.6) is 11.5 Å². The first-order valence-corrected chi connectivity index (χ1v) is 8.98. The van der Waals surface area contributed by atoms with Gasteiger partial charge in [0.05, 0.1) is 20.5 Å². The summed E-state index contributed by atoms with van der Waals surface area (Å²) in [6.07, 6.45) is 1.22. The number of rotatable bonds is 7. The molecule has 0 bridgehead atoms. The Kier molecular flexibility index (Phi) is 5.63. The van der Waals surface area contributed by atoms with Gasteiger partial charge in [-0.2, -0.15) is 4.31 Å². The van der Waals surface area contributed by atoms with Crippen molar-refractivity contribution in [3.8, 4) is 11.5 Å². The number of sulfonamides is 1. The summed E-state index contributed by atoms with van der Waals surface area (Å²) >= 11 is 0. The van der Waals surface area contributed by atoms with Crippen LogP contribution in [0.25, 0.3) is 0 Å². The van der Waals surface area contributed by atoms with Gasteiger partial charge in [0.1, 0.15) is 11.5 Å². The maximum Gasteiger partial charge on any atom is 0.211 e. The highest BCUT2D eigenvalue weighted by atomic mass is 32.2. The lowest BCUT2D eigenvalue weighted by atomic mass is 10.2. The molecule has 124 valence electrons. The molecule has 5 nitrogen and oxygen atoms in total. The van der Waals surface area contributed by atoms with Gasteiger partial charge in [-0.25, -0.2) is 8.42 Å². The van der Waals surface area contributed by atoms with Crippen LogP contribution in [-0.4, -0.2) is 33.2 Å². The first kappa shape index (κ1) is 17.3. The molecule has 0 saturated carbocycles. The van der Waals surface area contributed by atoms with Gasteiger partial charge in [0.2, 0.25) is 10.0 Å². The average Bonchev–Trinajstić information content (AvgIpc) is 2.54. The van der Waals surface area contributed by atoms with E-state index < -0.39 is 10.0 Å². The molecule has 0 radical (unpaired) electrons. The van der Waals surface area contributed by atoms with Gasteiger partial charge in [-0.15, -0.1) is 0 Å². The molecule has 0 N–H and O–H groups in total. The highest BCUT2D eigenvalue weighted by Crippen LogP contribution is 2.18. The molecule has 0 amide bonds. The van der Waals surface area contributed by atoms with Crippen molar-refractivity contribution in [2.75, 3.05) is 20.5 Å². The highest BCUT2D eigenvalue weighted by Gasteiger charge is 2.17. The van der Waals surface area contributed by atoms with Gasteiger partial charge in [0, 0.05) is 13.1 Å². The average molecular weight is 335 g/mol. The Morgan fingerprint density at radius 1 is 0.783 bits per heavy atom. The van der Waals surface area contributed by atoms with Gasteiger partial charge >= 0.3 is 0 Å². The molecule has 0 atom stereocenters.